The molecule has 0 bridgehead atoms. The highest BCUT2D eigenvalue weighted by molar-refractivity contribution is 5.83. The lowest BCUT2D eigenvalue weighted by Gasteiger charge is -2.24. The predicted molar refractivity (Wildman–Crippen MR) is 137 cm³/mol. The van der Waals surface area contributed by atoms with Gasteiger partial charge in [0.25, 0.3) is 0 Å². The average Bonchev–Trinajstić information content (AvgIpc) is 3.18. The van der Waals surface area contributed by atoms with Crippen molar-refractivity contribution in [3.63, 3.8) is 0 Å². The third-order valence-corrected chi connectivity index (χ3v) is 6.44. The minimum atomic E-state index is -0.536. The van der Waals surface area contributed by atoms with Crippen molar-refractivity contribution in [1.82, 2.24) is 4.90 Å². The van der Waals surface area contributed by atoms with Crippen LogP contribution in [0.5, 0.6) is 0 Å². The standard InChI is InChI=1S/C28H53NO4/c1-6-8-10-12-13-14-15-16-18-20-25(30)24-22-29(27(31)33-28(3,4)5)23-26(24)32-21-19-17-11-9-7-2/h24,26H,6-23H2,1-5H3/t24-,26-/m0/s1. The van der Waals surface area contributed by atoms with Gasteiger partial charge >= 0.3 is 6.09 Å². The number of likely N-dealkylation sites (tertiary alicyclic amines) is 1. The lowest BCUT2D eigenvalue weighted by atomic mass is 9.95. The fourth-order valence-corrected chi connectivity index (χ4v) is 4.46. The monoisotopic (exact) mass is 467 g/mol. The van der Waals surface area contributed by atoms with E-state index in [1.165, 1.54) is 64.2 Å². The molecule has 1 amide bonds. The summed E-state index contributed by atoms with van der Waals surface area (Å²) in [6, 6.07) is 0. The smallest absolute Gasteiger partial charge is 0.410 e. The van der Waals surface area contributed by atoms with Gasteiger partial charge in [0.15, 0.2) is 0 Å². The molecule has 1 aliphatic rings. The van der Waals surface area contributed by atoms with Crippen LogP contribution in [0, 0.1) is 5.92 Å². The Hall–Kier alpha value is -1.10. The molecule has 194 valence electrons. The second-order valence-corrected chi connectivity index (χ2v) is 10.9. The summed E-state index contributed by atoms with van der Waals surface area (Å²) in [5.41, 5.74) is -0.536. The van der Waals surface area contributed by atoms with Crippen molar-refractivity contribution in [2.45, 2.75) is 143 Å². The van der Waals surface area contributed by atoms with Crippen LogP contribution in [0.1, 0.15) is 131 Å². The molecule has 0 aliphatic carbocycles. The van der Waals surface area contributed by atoms with Crippen molar-refractivity contribution >= 4 is 11.9 Å². The third-order valence-electron chi connectivity index (χ3n) is 6.44. The van der Waals surface area contributed by atoms with E-state index in [4.69, 9.17) is 9.47 Å². The van der Waals surface area contributed by atoms with Gasteiger partial charge in [-0.05, 0) is 33.6 Å². The topological polar surface area (TPSA) is 55.8 Å². The molecule has 0 radical (unpaired) electrons. The maximum Gasteiger partial charge on any atom is 0.410 e. The number of ether oxygens (including phenoxy) is 2. The van der Waals surface area contributed by atoms with Gasteiger partial charge in [0, 0.05) is 19.6 Å². The van der Waals surface area contributed by atoms with Gasteiger partial charge < -0.3 is 14.4 Å². The highest BCUT2D eigenvalue weighted by Gasteiger charge is 2.41. The van der Waals surface area contributed by atoms with E-state index in [2.05, 4.69) is 13.8 Å². The van der Waals surface area contributed by atoms with E-state index in [-0.39, 0.29) is 23.9 Å². The summed E-state index contributed by atoms with van der Waals surface area (Å²) in [5.74, 6) is 0.0298. The van der Waals surface area contributed by atoms with Crippen molar-refractivity contribution in [2.75, 3.05) is 19.7 Å². The summed E-state index contributed by atoms with van der Waals surface area (Å²) in [6.45, 7) is 11.6. The van der Waals surface area contributed by atoms with Gasteiger partial charge in [-0.2, -0.15) is 0 Å². The maximum absolute atomic E-state index is 13.0. The number of unbranched alkanes of at least 4 members (excludes halogenated alkanes) is 12. The normalized spacial score (nSPS) is 18.6. The molecule has 1 fully saturated rings. The molecule has 1 saturated heterocycles. The Morgan fingerprint density at radius 3 is 1.82 bits per heavy atom. The number of rotatable bonds is 18. The molecule has 0 aromatic carbocycles. The van der Waals surface area contributed by atoms with Crippen molar-refractivity contribution in [3.8, 4) is 0 Å². The second-order valence-electron chi connectivity index (χ2n) is 10.9. The first kappa shape index (κ1) is 29.9. The zero-order valence-electron chi connectivity index (χ0n) is 22.5. The minimum Gasteiger partial charge on any atom is -0.444 e. The highest BCUT2D eigenvalue weighted by atomic mass is 16.6. The molecule has 1 heterocycles. The van der Waals surface area contributed by atoms with Gasteiger partial charge in [0.05, 0.1) is 18.6 Å². The Morgan fingerprint density at radius 1 is 0.758 bits per heavy atom. The number of nitrogens with zero attached hydrogens (tertiary/aromatic N) is 1. The number of ketones is 1. The fourth-order valence-electron chi connectivity index (χ4n) is 4.46. The average molecular weight is 468 g/mol. The summed E-state index contributed by atoms with van der Waals surface area (Å²) in [6.07, 6.45) is 17.1. The van der Waals surface area contributed by atoms with Crippen LogP contribution in [0.15, 0.2) is 0 Å². The molecule has 0 aromatic heterocycles. The van der Waals surface area contributed by atoms with Crippen LogP contribution in [0.3, 0.4) is 0 Å². The highest BCUT2D eigenvalue weighted by Crippen LogP contribution is 2.25. The SMILES string of the molecule is CCCCCCCCCCCC(=O)[C@@H]1CN(C(=O)OC(C)(C)C)C[C@@H]1OCCCCCCC. The van der Waals surface area contributed by atoms with Gasteiger partial charge in [-0.25, -0.2) is 4.79 Å². The molecule has 0 spiro atoms. The van der Waals surface area contributed by atoms with Crippen LogP contribution in [0.4, 0.5) is 4.79 Å². The van der Waals surface area contributed by atoms with E-state index in [9.17, 15) is 9.59 Å². The van der Waals surface area contributed by atoms with Gasteiger partial charge in [-0.1, -0.05) is 90.9 Å². The molecule has 5 nitrogen and oxygen atoms in total. The van der Waals surface area contributed by atoms with Crippen LogP contribution in [-0.2, 0) is 14.3 Å². The molecular weight excluding hydrogens is 414 g/mol. The number of amides is 1. The first-order valence-electron chi connectivity index (χ1n) is 13.9. The Morgan fingerprint density at radius 2 is 1.27 bits per heavy atom. The Labute approximate surface area is 204 Å². The van der Waals surface area contributed by atoms with E-state index < -0.39 is 5.60 Å². The fraction of sp³-hybridized carbons (Fsp3) is 0.929. The van der Waals surface area contributed by atoms with Gasteiger partial charge in [-0.3, -0.25) is 4.79 Å². The molecule has 5 heteroatoms. The van der Waals surface area contributed by atoms with Crippen molar-refractivity contribution < 1.29 is 19.1 Å². The summed E-state index contributed by atoms with van der Waals surface area (Å²) in [4.78, 5) is 27.3. The lowest BCUT2D eigenvalue weighted by molar-refractivity contribution is -0.126. The van der Waals surface area contributed by atoms with Crippen LogP contribution in [0.25, 0.3) is 0 Å². The van der Waals surface area contributed by atoms with E-state index in [0.717, 1.165) is 25.7 Å². The minimum absolute atomic E-state index is 0.199. The van der Waals surface area contributed by atoms with Crippen LogP contribution >= 0.6 is 0 Å². The first-order chi connectivity index (χ1) is 15.8. The largest absolute Gasteiger partial charge is 0.444 e. The molecule has 0 N–H and O–H groups in total. The maximum atomic E-state index is 13.0. The molecule has 1 rings (SSSR count). The van der Waals surface area contributed by atoms with Crippen molar-refractivity contribution in [3.05, 3.63) is 0 Å². The molecular formula is C28H53NO4. The molecule has 0 aromatic rings. The van der Waals surface area contributed by atoms with Gasteiger partial charge in [0.2, 0.25) is 0 Å². The van der Waals surface area contributed by atoms with Gasteiger partial charge in [0.1, 0.15) is 11.4 Å². The van der Waals surface area contributed by atoms with Crippen LogP contribution < -0.4 is 0 Å². The number of hydrogen-bond acceptors (Lipinski definition) is 4. The zero-order chi connectivity index (χ0) is 24.5. The Bertz CT molecular complexity index is 528. The summed E-state index contributed by atoms with van der Waals surface area (Å²) in [5, 5.41) is 0. The lowest BCUT2D eigenvalue weighted by Crippen LogP contribution is -2.36. The molecule has 1 aliphatic heterocycles. The number of Topliss-reactive ketones (excluding diaryl/α,β-unsaturated/α-hetero) is 1. The number of carbonyl (C=O) groups excluding carboxylic acids is 2. The zero-order valence-corrected chi connectivity index (χ0v) is 22.5. The second kappa shape index (κ2) is 17.4. The summed E-state index contributed by atoms with van der Waals surface area (Å²) >= 11 is 0. The predicted octanol–water partition coefficient (Wildman–Crippen LogP) is 7.70. The van der Waals surface area contributed by atoms with E-state index in [0.29, 0.717) is 26.1 Å². The van der Waals surface area contributed by atoms with Crippen molar-refractivity contribution in [1.29, 1.82) is 0 Å². The van der Waals surface area contributed by atoms with E-state index in [1.807, 2.05) is 20.8 Å². The van der Waals surface area contributed by atoms with Crippen LogP contribution in [0.2, 0.25) is 0 Å². The quantitative estimate of drug-likeness (QED) is 0.194. The Kier molecular flexibility index (Phi) is 15.7. The first-order valence-corrected chi connectivity index (χ1v) is 13.9. The van der Waals surface area contributed by atoms with Crippen molar-refractivity contribution in [2.24, 2.45) is 5.92 Å². The third kappa shape index (κ3) is 14.0. The number of hydrogen-bond donors (Lipinski definition) is 0. The molecule has 0 unspecified atom stereocenters. The molecule has 33 heavy (non-hydrogen) atoms. The molecule has 0 saturated carbocycles. The van der Waals surface area contributed by atoms with E-state index >= 15 is 0 Å². The summed E-state index contributed by atoms with van der Waals surface area (Å²) in [7, 11) is 0. The van der Waals surface area contributed by atoms with Gasteiger partial charge in [-0.15, -0.1) is 0 Å². The number of carbonyl (C=O) groups is 2. The van der Waals surface area contributed by atoms with Crippen LogP contribution in [-0.4, -0.2) is 48.2 Å². The Balaban J connectivity index is 2.44. The molecule has 2 atom stereocenters. The van der Waals surface area contributed by atoms with E-state index in [1.54, 1.807) is 4.90 Å². The summed E-state index contributed by atoms with van der Waals surface area (Å²) < 4.78 is 11.7.